The lowest BCUT2D eigenvalue weighted by molar-refractivity contribution is 0.806. The van der Waals surface area contributed by atoms with Gasteiger partial charge in [0.2, 0.25) is 5.95 Å². The van der Waals surface area contributed by atoms with Crippen LogP contribution in [0, 0.1) is 0 Å². The first-order valence-electron chi connectivity index (χ1n) is 5.50. The van der Waals surface area contributed by atoms with Crippen LogP contribution >= 0.6 is 11.8 Å². The van der Waals surface area contributed by atoms with Crippen LogP contribution in [0.3, 0.4) is 0 Å². The third-order valence-corrected chi connectivity index (χ3v) is 3.55. The zero-order valence-corrected chi connectivity index (χ0v) is 10.2. The number of nitrogens with zero attached hydrogens (tertiary/aromatic N) is 2. The van der Waals surface area contributed by atoms with Crippen LogP contribution in [0.25, 0.3) is 0 Å². The van der Waals surface area contributed by atoms with E-state index in [0.29, 0.717) is 12.0 Å². The Kier molecular flexibility index (Phi) is 3.71. The Morgan fingerprint density at radius 3 is 3.00 bits per heavy atom. The maximum absolute atomic E-state index is 5.66. The summed E-state index contributed by atoms with van der Waals surface area (Å²) in [7, 11) is 0. The van der Waals surface area contributed by atoms with Crippen LogP contribution in [0.1, 0.15) is 13.3 Å². The van der Waals surface area contributed by atoms with Crippen LogP contribution in [0.4, 0.5) is 17.6 Å². The summed E-state index contributed by atoms with van der Waals surface area (Å²) in [6, 6.07) is 2.41. The lowest BCUT2D eigenvalue weighted by atomic mass is 10.2. The molecule has 1 saturated heterocycles. The highest BCUT2D eigenvalue weighted by Crippen LogP contribution is 2.21. The molecule has 88 valence electrons. The standard InChI is InChI=1S/C10H17N5S/c1-2-12-8-5-9(15-10(11)14-8)13-7-3-4-16-6-7/h5,7H,2-4,6H2,1H3,(H4,11,12,13,14,15). The van der Waals surface area contributed by atoms with Crippen molar-refractivity contribution in [3.05, 3.63) is 6.07 Å². The summed E-state index contributed by atoms with van der Waals surface area (Å²) in [5.41, 5.74) is 5.66. The van der Waals surface area contributed by atoms with E-state index >= 15 is 0 Å². The first-order valence-corrected chi connectivity index (χ1v) is 6.66. The van der Waals surface area contributed by atoms with E-state index in [2.05, 4.69) is 20.6 Å². The van der Waals surface area contributed by atoms with Gasteiger partial charge < -0.3 is 16.4 Å². The van der Waals surface area contributed by atoms with Crippen molar-refractivity contribution < 1.29 is 0 Å². The van der Waals surface area contributed by atoms with E-state index in [9.17, 15) is 0 Å². The molecule has 0 amide bonds. The molecule has 2 rings (SSSR count). The van der Waals surface area contributed by atoms with Gasteiger partial charge >= 0.3 is 0 Å². The van der Waals surface area contributed by atoms with E-state index in [1.54, 1.807) is 0 Å². The average Bonchev–Trinajstić information content (AvgIpc) is 2.70. The van der Waals surface area contributed by atoms with Gasteiger partial charge in [0.15, 0.2) is 0 Å². The molecule has 1 aromatic rings. The second-order valence-electron chi connectivity index (χ2n) is 3.73. The summed E-state index contributed by atoms with van der Waals surface area (Å²) < 4.78 is 0. The van der Waals surface area contributed by atoms with E-state index in [-0.39, 0.29) is 0 Å². The minimum absolute atomic E-state index is 0.312. The summed E-state index contributed by atoms with van der Waals surface area (Å²) in [4.78, 5) is 8.29. The predicted octanol–water partition coefficient (Wildman–Crippen LogP) is 1.41. The summed E-state index contributed by atoms with van der Waals surface area (Å²) >= 11 is 1.97. The second kappa shape index (κ2) is 5.25. The first kappa shape index (κ1) is 11.3. The van der Waals surface area contributed by atoms with Gasteiger partial charge in [-0.25, -0.2) is 0 Å². The molecule has 1 fully saturated rings. The van der Waals surface area contributed by atoms with E-state index in [1.165, 1.54) is 12.2 Å². The van der Waals surface area contributed by atoms with Gasteiger partial charge in [0.1, 0.15) is 11.6 Å². The number of thioether (sulfide) groups is 1. The van der Waals surface area contributed by atoms with Crippen molar-refractivity contribution >= 4 is 29.3 Å². The zero-order valence-electron chi connectivity index (χ0n) is 9.36. The number of hydrogen-bond acceptors (Lipinski definition) is 6. The highest BCUT2D eigenvalue weighted by atomic mass is 32.2. The minimum Gasteiger partial charge on any atom is -0.370 e. The number of nitrogens with one attached hydrogen (secondary N) is 2. The first-order chi connectivity index (χ1) is 7.78. The van der Waals surface area contributed by atoms with Crippen molar-refractivity contribution in [2.24, 2.45) is 0 Å². The van der Waals surface area contributed by atoms with Crippen molar-refractivity contribution in [2.75, 3.05) is 34.4 Å². The molecule has 4 N–H and O–H groups in total. The Morgan fingerprint density at radius 2 is 2.31 bits per heavy atom. The number of rotatable bonds is 4. The molecule has 6 heteroatoms. The third kappa shape index (κ3) is 2.91. The van der Waals surface area contributed by atoms with Gasteiger partial charge in [-0.2, -0.15) is 21.7 Å². The van der Waals surface area contributed by atoms with Crippen molar-refractivity contribution in [1.29, 1.82) is 0 Å². The highest BCUT2D eigenvalue weighted by molar-refractivity contribution is 7.99. The van der Waals surface area contributed by atoms with Crippen LogP contribution in [0.15, 0.2) is 6.07 Å². The molecule has 0 spiro atoms. The maximum atomic E-state index is 5.66. The van der Waals surface area contributed by atoms with Crippen molar-refractivity contribution in [3.63, 3.8) is 0 Å². The quantitative estimate of drug-likeness (QED) is 0.737. The molecule has 16 heavy (non-hydrogen) atoms. The topological polar surface area (TPSA) is 75.9 Å². The molecule has 5 nitrogen and oxygen atoms in total. The molecule has 0 bridgehead atoms. The normalized spacial score (nSPS) is 19.7. The molecule has 0 aliphatic carbocycles. The lowest BCUT2D eigenvalue weighted by Crippen LogP contribution is -2.19. The number of hydrogen-bond donors (Lipinski definition) is 3. The molecule has 0 aromatic carbocycles. The molecular weight excluding hydrogens is 222 g/mol. The Bertz CT molecular complexity index is 351. The van der Waals surface area contributed by atoms with Crippen LogP contribution in [-0.4, -0.2) is 34.1 Å². The Labute approximate surface area is 99.6 Å². The molecular formula is C10H17N5S. The fourth-order valence-electron chi connectivity index (χ4n) is 1.67. The largest absolute Gasteiger partial charge is 0.370 e. The summed E-state index contributed by atoms with van der Waals surface area (Å²) in [5, 5.41) is 6.53. The van der Waals surface area contributed by atoms with E-state index in [4.69, 9.17) is 5.73 Å². The van der Waals surface area contributed by atoms with Gasteiger partial charge in [-0.3, -0.25) is 0 Å². The highest BCUT2D eigenvalue weighted by Gasteiger charge is 2.15. The fourth-order valence-corrected chi connectivity index (χ4v) is 2.82. The second-order valence-corrected chi connectivity index (χ2v) is 4.88. The van der Waals surface area contributed by atoms with Crippen LogP contribution in [-0.2, 0) is 0 Å². The van der Waals surface area contributed by atoms with E-state index in [0.717, 1.165) is 23.9 Å². The molecule has 1 aliphatic heterocycles. The molecule has 0 radical (unpaired) electrons. The predicted molar refractivity (Wildman–Crippen MR) is 70.0 cm³/mol. The Balaban J connectivity index is 2.06. The molecule has 1 aromatic heterocycles. The van der Waals surface area contributed by atoms with Gasteiger partial charge in [-0.1, -0.05) is 0 Å². The summed E-state index contributed by atoms with van der Waals surface area (Å²) in [6.45, 7) is 2.86. The van der Waals surface area contributed by atoms with Gasteiger partial charge in [0.05, 0.1) is 0 Å². The van der Waals surface area contributed by atoms with Crippen LogP contribution < -0.4 is 16.4 Å². The zero-order chi connectivity index (χ0) is 11.4. The van der Waals surface area contributed by atoms with Crippen LogP contribution in [0.5, 0.6) is 0 Å². The Morgan fingerprint density at radius 1 is 1.50 bits per heavy atom. The average molecular weight is 239 g/mol. The SMILES string of the molecule is CCNc1cc(NC2CCSC2)nc(N)n1. The fraction of sp³-hybridized carbons (Fsp3) is 0.600. The summed E-state index contributed by atoms with van der Waals surface area (Å²) in [5.74, 6) is 4.27. The third-order valence-electron chi connectivity index (χ3n) is 2.38. The van der Waals surface area contributed by atoms with Crippen LogP contribution in [0.2, 0.25) is 0 Å². The number of nitrogen functional groups attached to an aromatic ring is 1. The lowest BCUT2D eigenvalue weighted by Gasteiger charge is -2.13. The monoisotopic (exact) mass is 239 g/mol. The van der Waals surface area contributed by atoms with Crippen molar-refractivity contribution in [2.45, 2.75) is 19.4 Å². The molecule has 2 heterocycles. The van der Waals surface area contributed by atoms with Gasteiger partial charge in [-0.05, 0) is 19.1 Å². The van der Waals surface area contributed by atoms with E-state index in [1.807, 2.05) is 24.8 Å². The molecule has 1 atom stereocenters. The Hall–Kier alpha value is -1.17. The van der Waals surface area contributed by atoms with Gasteiger partial charge in [-0.15, -0.1) is 0 Å². The van der Waals surface area contributed by atoms with Gasteiger partial charge in [0.25, 0.3) is 0 Å². The van der Waals surface area contributed by atoms with Gasteiger partial charge in [0, 0.05) is 24.4 Å². The maximum Gasteiger partial charge on any atom is 0.223 e. The summed E-state index contributed by atoms with van der Waals surface area (Å²) in [6.07, 6.45) is 1.19. The van der Waals surface area contributed by atoms with Crippen molar-refractivity contribution in [1.82, 2.24) is 9.97 Å². The van der Waals surface area contributed by atoms with E-state index < -0.39 is 0 Å². The number of anilines is 3. The van der Waals surface area contributed by atoms with Crippen molar-refractivity contribution in [3.8, 4) is 0 Å². The molecule has 1 unspecified atom stereocenters. The molecule has 1 aliphatic rings. The number of nitrogens with two attached hydrogens (primary N) is 1. The number of aromatic nitrogens is 2. The minimum atomic E-state index is 0.312. The smallest absolute Gasteiger partial charge is 0.223 e. The molecule has 0 saturated carbocycles.